The lowest BCUT2D eigenvalue weighted by Crippen LogP contribution is -2.16. The third-order valence-electron chi connectivity index (χ3n) is 3.80. The predicted molar refractivity (Wildman–Crippen MR) is 108 cm³/mol. The number of rotatable bonds is 3. The Morgan fingerprint density at radius 2 is 1.88 bits per heavy atom. The third-order valence-corrected chi connectivity index (χ3v) is 5.23. The number of fused-ring (bicyclic) bond motifs is 1. The molecule has 3 aromatic heterocycles. The first-order chi connectivity index (χ1) is 12.6. The van der Waals surface area contributed by atoms with E-state index in [-0.39, 0.29) is 10.6 Å². The fourth-order valence-corrected chi connectivity index (χ4v) is 3.74. The molecule has 0 aliphatic heterocycles. The van der Waals surface area contributed by atoms with Gasteiger partial charge >= 0.3 is 0 Å². The Morgan fingerprint density at radius 1 is 1.08 bits per heavy atom. The monoisotopic (exact) mass is 399 g/mol. The summed E-state index contributed by atoms with van der Waals surface area (Å²) in [5, 5.41) is 2.61. The molecule has 0 fully saturated rings. The lowest BCUT2D eigenvalue weighted by atomic mass is 10.2. The van der Waals surface area contributed by atoms with Gasteiger partial charge in [-0.15, -0.1) is 11.3 Å². The molecule has 0 unspecified atom stereocenters. The average molecular weight is 400 g/mol. The molecule has 0 aliphatic carbocycles. The molecule has 0 aliphatic rings. The minimum atomic E-state index is -0.297. The van der Waals surface area contributed by atoms with Gasteiger partial charge in [-0.05, 0) is 35.4 Å². The van der Waals surface area contributed by atoms with Crippen molar-refractivity contribution in [2.45, 2.75) is 0 Å². The fourth-order valence-electron chi connectivity index (χ4n) is 2.53. The van der Waals surface area contributed by atoms with Crippen molar-refractivity contribution in [2.24, 2.45) is 0 Å². The minimum absolute atomic E-state index is 0.0799. The van der Waals surface area contributed by atoms with Gasteiger partial charge < -0.3 is 0 Å². The van der Waals surface area contributed by atoms with E-state index in [1.54, 1.807) is 30.6 Å². The van der Waals surface area contributed by atoms with Crippen molar-refractivity contribution in [3.8, 4) is 11.3 Å². The highest BCUT2D eigenvalue weighted by atomic mass is 35.5. The van der Waals surface area contributed by atoms with Crippen LogP contribution in [-0.4, -0.2) is 14.4 Å². The van der Waals surface area contributed by atoms with E-state index in [1.165, 1.54) is 15.7 Å². The number of benzene rings is 1. The van der Waals surface area contributed by atoms with Crippen molar-refractivity contribution in [3.63, 3.8) is 0 Å². The van der Waals surface area contributed by atoms with Crippen LogP contribution in [0.15, 0.2) is 59.0 Å². The zero-order chi connectivity index (χ0) is 18.1. The van der Waals surface area contributed by atoms with Gasteiger partial charge in [-0.1, -0.05) is 47.5 Å². The molecule has 0 atom stereocenters. The Balaban J connectivity index is 1.82. The molecule has 0 bridgehead atoms. The van der Waals surface area contributed by atoms with Crippen LogP contribution < -0.4 is 5.56 Å². The molecule has 0 N–H and O–H groups in total. The van der Waals surface area contributed by atoms with Crippen LogP contribution in [0, 0.1) is 0 Å². The van der Waals surface area contributed by atoms with Gasteiger partial charge in [-0.25, -0.2) is 9.38 Å². The van der Waals surface area contributed by atoms with E-state index in [0.717, 1.165) is 16.8 Å². The van der Waals surface area contributed by atoms with E-state index in [2.05, 4.69) is 9.97 Å². The van der Waals surface area contributed by atoms with Crippen molar-refractivity contribution in [2.75, 3.05) is 0 Å². The SMILES string of the molecule is O=c1c(Cl)c(/C=C/c2cccnc2)nc2scc(-c3ccc(Cl)cc3)n12. The molecule has 4 aromatic rings. The van der Waals surface area contributed by atoms with E-state index in [1.807, 2.05) is 35.7 Å². The van der Waals surface area contributed by atoms with Crippen LogP contribution >= 0.6 is 34.5 Å². The maximum atomic E-state index is 12.8. The maximum absolute atomic E-state index is 12.8. The van der Waals surface area contributed by atoms with E-state index >= 15 is 0 Å². The molecule has 0 saturated heterocycles. The van der Waals surface area contributed by atoms with Crippen molar-refractivity contribution >= 4 is 51.7 Å². The van der Waals surface area contributed by atoms with Crippen LogP contribution in [-0.2, 0) is 0 Å². The quantitative estimate of drug-likeness (QED) is 0.469. The molecule has 4 nitrogen and oxygen atoms in total. The van der Waals surface area contributed by atoms with E-state index in [4.69, 9.17) is 23.2 Å². The molecule has 26 heavy (non-hydrogen) atoms. The Bertz CT molecular complexity index is 1170. The second-order valence-corrected chi connectivity index (χ2v) is 7.13. The minimum Gasteiger partial charge on any atom is -0.267 e. The van der Waals surface area contributed by atoms with Crippen molar-refractivity contribution in [1.82, 2.24) is 14.4 Å². The summed E-state index contributed by atoms with van der Waals surface area (Å²) in [6.45, 7) is 0. The number of thiazole rings is 1. The lowest BCUT2D eigenvalue weighted by molar-refractivity contribution is 1.08. The second kappa shape index (κ2) is 7.03. The van der Waals surface area contributed by atoms with Gasteiger partial charge in [0.1, 0.15) is 5.02 Å². The number of aromatic nitrogens is 3. The second-order valence-electron chi connectivity index (χ2n) is 5.48. The van der Waals surface area contributed by atoms with Crippen LogP contribution in [0.2, 0.25) is 10.0 Å². The topological polar surface area (TPSA) is 47.3 Å². The molecule has 0 saturated carbocycles. The third kappa shape index (κ3) is 3.17. The van der Waals surface area contributed by atoms with E-state index in [0.29, 0.717) is 15.7 Å². The van der Waals surface area contributed by atoms with Gasteiger partial charge in [0.05, 0.1) is 11.4 Å². The van der Waals surface area contributed by atoms with E-state index < -0.39 is 0 Å². The van der Waals surface area contributed by atoms with Gasteiger partial charge in [0.2, 0.25) is 0 Å². The molecule has 3 heterocycles. The standard InChI is InChI=1S/C19H11Cl2N3OS/c20-14-6-4-13(5-7-14)16-11-26-19-23-15(17(21)18(25)24(16)19)8-3-12-2-1-9-22-10-12/h1-11H/b8-3+. The van der Waals surface area contributed by atoms with Crippen molar-refractivity contribution in [3.05, 3.63) is 85.8 Å². The zero-order valence-corrected chi connectivity index (χ0v) is 15.6. The first kappa shape index (κ1) is 17.0. The number of nitrogens with zero attached hydrogens (tertiary/aromatic N) is 3. The number of hydrogen-bond acceptors (Lipinski definition) is 4. The highest BCUT2D eigenvalue weighted by Gasteiger charge is 2.14. The largest absolute Gasteiger partial charge is 0.278 e. The highest BCUT2D eigenvalue weighted by molar-refractivity contribution is 7.15. The zero-order valence-electron chi connectivity index (χ0n) is 13.3. The van der Waals surface area contributed by atoms with Crippen LogP contribution in [0.25, 0.3) is 28.4 Å². The Kier molecular flexibility index (Phi) is 4.59. The molecule has 0 amide bonds. The first-order valence-electron chi connectivity index (χ1n) is 7.67. The van der Waals surface area contributed by atoms with Crippen LogP contribution in [0.3, 0.4) is 0 Å². The molecular weight excluding hydrogens is 389 g/mol. The van der Waals surface area contributed by atoms with Crippen molar-refractivity contribution in [1.29, 1.82) is 0 Å². The van der Waals surface area contributed by atoms with Crippen LogP contribution in [0.4, 0.5) is 0 Å². The van der Waals surface area contributed by atoms with Crippen molar-refractivity contribution < 1.29 is 0 Å². The van der Waals surface area contributed by atoms with Crippen LogP contribution in [0.5, 0.6) is 0 Å². The maximum Gasteiger partial charge on any atom is 0.278 e. The molecule has 4 rings (SSSR count). The fraction of sp³-hybridized carbons (Fsp3) is 0. The molecule has 0 spiro atoms. The van der Waals surface area contributed by atoms with E-state index in [9.17, 15) is 4.79 Å². The summed E-state index contributed by atoms with van der Waals surface area (Å²) in [4.78, 5) is 22.0. The van der Waals surface area contributed by atoms with Gasteiger partial charge in [-0.2, -0.15) is 0 Å². The summed E-state index contributed by atoms with van der Waals surface area (Å²) in [7, 11) is 0. The molecule has 128 valence electrons. The Hall–Kier alpha value is -2.47. The molecule has 7 heteroatoms. The molecule has 1 aromatic carbocycles. The first-order valence-corrected chi connectivity index (χ1v) is 9.31. The van der Waals surface area contributed by atoms with Gasteiger partial charge in [0, 0.05) is 22.8 Å². The van der Waals surface area contributed by atoms with Crippen LogP contribution in [0.1, 0.15) is 11.3 Å². The highest BCUT2D eigenvalue weighted by Crippen LogP contribution is 2.27. The normalized spacial score (nSPS) is 11.5. The van der Waals surface area contributed by atoms with Gasteiger partial charge in [0.15, 0.2) is 4.96 Å². The molecule has 0 radical (unpaired) electrons. The predicted octanol–water partition coefficient (Wildman–Crippen LogP) is 5.30. The summed E-state index contributed by atoms with van der Waals surface area (Å²) in [6.07, 6.45) is 6.97. The summed E-state index contributed by atoms with van der Waals surface area (Å²) in [6, 6.07) is 11.0. The molecular formula is C19H11Cl2N3OS. The Morgan fingerprint density at radius 3 is 2.62 bits per heavy atom. The lowest BCUT2D eigenvalue weighted by Gasteiger charge is -2.04. The summed E-state index contributed by atoms with van der Waals surface area (Å²) < 4.78 is 1.53. The smallest absolute Gasteiger partial charge is 0.267 e. The number of pyridine rings is 1. The van der Waals surface area contributed by atoms with Gasteiger partial charge in [0.25, 0.3) is 5.56 Å². The average Bonchev–Trinajstić information content (AvgIpc) is 3.09. The van der Waals surface area contributed by atoms with Gasteiger partial charge in [-0.3, -0.25) is 9.78 Å². The number of halogens is 2. The summed E-state index contributed by atoms with van der Waals surface area (Å²) in [5.74, 6) is 0. The number of hydrogen-bond donors (Lipinski definition) is 0. The Labute approximate surface area is 163 Å². The summed E-state index contributed by atoms with van der Waals surface area (Å²) >= 11 is 13.6. The summed E-state index contributed by atoms with van der Waals surface area (Å²) in [5.41, 5.74) is 2.65.